The van der Waals surface area contributed by atoms with Gasteiger partial charge in [0.1, 0.15) is 0 Å². The molecule has 6 heteroatoms. The third-order valence-electron chi connectivity index (χ3n) is 9.05. The molecule has 2 aliphatic heterocycles. The van der Waals surface area contributed by atoms with E-state index in [1.165, 1.54) is 25.7 Å². The van der Waals surface area contributed by atoms with Gasteiger partial charge in [-0.2, -0.15) is 9.78 Å². The molecule has 3 saturated carbocycles. The first-order valence-corrected chi connectivity index (χ1v) is 12.9. The van der Waals surface area contributed by atoms with Crippen LogP contribution in [0.2, 0.25) is 0 Å². The summed E-state index contributed by atoms with van der Waals surface area (Å²) >= 11 is 0. The van der Waals surface area contributed by atoms with Crippen LogP contribution < -0.4 is 0 Å². The summed E-state index contributed by atoms with van der Waals surface area (Å²) in [5.74, 6) is 1.81. The fourth-order valence-electron chi connectivity index (χ4n) is 7.47. The molecule has 0 aromatic rings. The summed E-state index contributed by atoms with van der Waals surface area (Å²) in [5, 5.41) is 0. The Bertz CT molecular complexity index is 664. The Morgan fingerprint density at radius 2 is 1.87 bits per heavy atom. The highest BCUT2D eigenvalue weighted by Crippen LogP contribution is 2.59. The Balaban J connectivity index is 1.26. The number of carbonyl (C=O) groups is 1. The zero-order valence-electron chi connectivity index (χ0n) is 19.8. The van der Waals surface area contributed by atoms with Gasteiger partial charge in [-0.05, 0) is 69.7 Å². The van der Waals surface area contributed by atoms with Crippen molar-refractivity contribution < 1.29 is 19.3 Å². The van der Waals surface area contributed by atoms with Crippen molar-refractivity contribution in [3.63, 3.8) is 0 Å². The van der Waals surface area contributed by atoms with Crippen LogP contribution in [0, 0.1) is 29.6 Å². The van der Waals surface area contributed by atoms with E-state index in [0.717, 1.165) is 70.1 Å². The number of carbonyl (C=O) groups excluding carboxylic acids is 1. The van der Waals surface area contributed by atoms with Crippen LogP contribution in [-0.4, -0.2) is 60.5 Å². The molecule has 2 heterocycles. The first-order chi connectivity index (χ1) is 14.9. The summed E-state index contributed by atoms with van der Waals surface area (Å²) < 4.78 is 6.95. The first kappa shape index (κ1) is 22.1. The lowest BCUT2D eigenvalue weighted by molar-refractivity contribution is -0.382. The summed E-state index contributed by atoms with van der Waals surface area (Å²) in [4.78, 5) is 29.7. The predicted molar refractivity (Wildman–Crippen MR) is 118 cm³/mol. The second kappa shape index (κ2) is 8.58. The summed E-state index contributed by atoms with van der Waals surface area (Å²) in [6.45, 7) is 8.31. The Labute approximate surface area is 187 Å². The molecule has 1 amide bonds. The first-order valence-electron chi connectivity index (χ1n) is 12.9. The van der Waals surface area contributed by atoms with E-state index in [2.05, 4.69) is 25.8 Å². The van der Waals surface area contributed by atoms with Gasteiger partial charge in [0.05, 0.1) is 0 Å². The minimum Gasteiger partial charge on any atom is -0.340 e. The monoisotopic (exact) mass is 434 g/mol. The number of ether oxygens (including phenoxy) is 1. The molecule has 4 unspecified atom stereocenters. The van der Waals surface area contributed by atoms with Crippen molar-refractivity contribution >= 4 is 5.91 Å². The van der Waals surface area contributed by atoms with Crippen molar-refractivity contribution in [1.82, 2.24) is 9.80 Å². The molecular weight excluding hydrogens is 392 g/mol. The van der Waals surface area contributed by atoms with Crippen molar-refractivity contribution in [1.29, 1.82) is 0 Å². The van der Waals surface area contributed by atoms with E-state index in [1.807, 2.05) is 4.90 Å². The second-order valence-electron chi connectivity index (χ2n) is 11.5. The number of hydrogen-bond acceptors (Lipinski definition) is 5. The highest BCUT2D eigenvalue weighted by Gasteiger charge is 2.63. The zero-order chi connectivity index (χ0) is 21.6. The third-order valence-corrected chi connectivity index (χ3v) is 9.05. The van der Waals surface area contributed by atoms with Crippen molar-refractivity contribution in [3.05, 3.63) is 0 Å². The van der Waals surface area contributed by atoms with Gasteiger partial charge in [-0.25, -0.2) is 0 Å². The number of likely N-dealkylation sites (N-methyl/N-ethyl adjacent to an activating group) is 1. The highest BCUT2D eigenvalue weighted by atomic mass is 17.3. The minimum atomic E-state index is -0.647. The van der Waals surface area contributed by atoms with Crippen LogP contribution in [0.25, 0.3) is 0 Å². The average Bonchev–Trinajstić information content (AvgIpc) is 3.10. The molecule has 6 nitrogen and oxygen atoms in total. The molecule has 2 spiro atoms. The van der Waals surface area contributed by atoms with Crippen molar-refractivity contribution in [2.75, 3.05) is 33.2 Å². The van der Waals surface area contributed by atoms with Crippen LogP contribution in [-0.2, 0) is 19.3 Å². The molecule has 176 valence electrons. The summed E-state index contributed by atoms with van der Waals surface area (Å²) in [6.07, 6.45) is 10.4. The molecule has 0 aromatic carbocycles. The molecule has 2 saturated heterocycles. The van der Waals surface area contributed by atoms with Gasteiger partial charge in [0.15, 0.2) is 0 Å². The van der Waals surface area contributed by atoms with Crippen molar-refractivity contribution in [3.8, 4) is 0 Å². The molecule has 7 atom stereocenters. The number of nitrogens with zero attached hydrogens (tertiary/aromatic N) is 2. The van der Waals surface area contributed by atoms with Gasteiger partial charge in [-0.3, -0.25) is 4.79 Å². The summed E-state index contributed by atoms with van der Waals surface area (Å²) in [5.41, 5.74) is 0. The highest BCUT2D eigenvalue weighted by molar-refractivity contribution is 5.76. The maximum absolute atomic E-state index is 12.9. The lowest BCUT2D eigenvalue weighted by Crippen LogP contribution is -2.55. The SMILES string of the molecule is CCC1CC2CC(C)CC(C2)[C@@]12OO[C@@]1(CCC[C@@H](CC(=O)N3CCN(C)CC3)C1)O2. The van der Waals surface area contributed by atoms with E-state index < -0.39 is 11.6 Å². The summed E-state index contributed by atoms with van der Waals surface area (Å²) in [7, 11) is 2.13. The Morgan fingerprint density at radius 3 is 2.65 bits per heavy atom. The van der Waals surface area contributed by atoms with Crippen LogP contribution >= 0.6 is 0 Å². The van der Waals surface area contributed by atoms with E-state index in [9.17, 15) is 4.79 Å². The topological polar surface area (TPSA) is 51.2 Å². The van der Waals surface area contributed by atoms with Crippen LogP contribution in [0.5, 0.6) is 0 Å². The third kappa shape index (κ3) is 4.18. The van der Waals surface area contributed by atoms with Gasteiger partial charge in [-0.15, -0.1) is 0 Å². The van der Waals surface area contributed by atoms with Gasteiger partial charge in [0.2, 0.25) is 17.5 Å². The fraction of sp³-hybridized carbons (Fsp3) is 0.960. The quantitative estimate of drug-likeness (QED) is 0.624. The van der Waals surface area contributed by atoms with Gasteiger partial charge in [-0.1, -0.05) is 13.8 Å². The Hall–Kier alpha value is -0.690. The van der Waals surface area contributed by atoms with E-state index in [-0.39, 0.29) is 0 Å². The molecule has 3 aliphatic carbocycles. The van der Waals surface area contributed by atoms with E-state index >= 15 is 0 Å². The number of piperazine rings is 1. The average molecular weight is 435 g/mol. The molecule has 5 rings (SSSR count). The number of amides is 1. The molecule has 2 bridgehead atoms. The Morgan fingerprint density at radius 1 is 1.06 bits per heavy atom. The summed E-state index contributed by atoms with van der Waals surface area (Å²) in [6, 6.07) is 0. The number of rotatable bonds is 3. The largest absolute Gasteiger partial charge is 0.340 e. The normalized spacial score (nSPS) is 46.0. The molecule has 0 aromatic heterocycles. The van der Waals surface area contributed by atoms with Crippen molar-refractivity contribution in [2.45, 2.75) is 89.6 Å². The zero-order valence-corrected chi connectivity index (χ0v) is 19.8. The van der Waals surface area contributed by atoms with Gasteiger partial charge >= 0.3 is 0 Å². The maximum Gasteiger partial charge on any atom is 0.222 e. The molecule has 31 heavy (non-hydrogen) atoms. The smallest absolute Gasteiger partial charge is 0.222 e. The standard InChI is InChI=1S/C25H42N2O4/c1-4-21-14-20-12-18(2)13-22(15-20)25(21)29-24(30-31-25)7-5-6-19(17-24)16-23(28)27-10-8-26(3)9-11-27/h18-22H,4-17H2,1-3H3/t18?,19-,20?,21?,22?,24+,25-/m0/s1. The second-order valence-corrected chi connectivity index (χ2v) is 11.5. The lowest BCUT2D eigenvalue weighted by Gasteiger charge is -2.51. The predicted octanol–water partition coefficient (Wildman–Crippen LogP) is 4.19. The van der Waals surface area contributed by atoms with Crippen LogP contribution in [0.3, 0.4) is 0 Å². The van der Waals surface area contributed by atoms with Gasteiger partial charge < -0.3 is 14.5 Å². The van der Waals surface area contributed by atoms with E-state index in [1.54, 1.807) is 0 Å². The number of hydrogen-bond donors (Lipinski definition) is 0. The van der Waals surface area contributed by atoms with Crippen LogP contribution in [0.1, 0.15) is 78.1 Å². The van der Waals surface area contributed by atoms with Crippen LogP contribution in [0.4, 0.5) is 0 Å². The Kier molecular flexibility index (Phi) is 6.13. The number of fused-ring (bicyclic) bond motifs is 3. The molecule has 0 N–H and O–H groups in total. The lowest BCUT2D eigenvalue weighted by atomic mass is 9.61. The molecule has 5 aliphatic rings. The minimum absolute atomic E-state index is 0.303. The van der Waals surface area contributed by atoms with Gasteiger partial charge in [0, 0.05) is 57.3 Å². The van der Waals surface area contributed by atoms with Gasteiger partial charge in [0.25, 0.3) is 0 Å². The molecule has 0 radical (unpaired) electrons. The van der Waals surface area contributed by atoms with Crippen molar-refractivity contribution in [2.24, 2.45) is 29.6 Å². The molecule has 5 fully saturated rings. The van der Waals surface area contributed by atoms with Crippen LogP contribution in [0.15, 0.2) is 0 Å². The molecular formula is C25H42N2O4. The maximum atomic E-state index is 12.9. The van der Waals surface area contributed by atoms with E-state index in [4.69, 9.17) is 14.5 Å². The fourth-order valence-corrected chi connectivity index (χ4v) is 7.47. The van der Waals surface area contributed by atoms with E-state index in [0.29, 0.717) is 30.1 Å².